The van der Waals surface area contributed by atoms with E-state index in [2.05, 4.69) is 69.8 Å². The Balaban J connectivity index is 0.000000143. The summed E-state index contributed by atoms with van der Waals surface area (Å²) in [4.78, 5) is 71.5. The minimum absolute atomic E-state index is 0.0852. The molecule has 4 amide bonds. The average molecular weight is 1880 g/mol. The van der Waals surface area contributed by atoms with Gasteiger partial charge in [-0.15, -0.1) is 17.6 Å². The van der Waals surface area contributed by atoms with E-state index in [0.717, 1.165) is 59.4 Å². The topological polar surface area (TPSA) is 508 Å². The molecule has 133 heavy (non-hydrogen) atoms. The predicted octanol–water partition coefficient (Wildman–Crippen LogP) is 10.1. The third-order valence-electron chi connectivity index (χ3n) is 21.5. The summed E-state index contributed by atoms with van der Waals surface area (Å²) in [6.45, 7) is 19.2. The summed E-state index contributed by atoms with van der Waals surface area (Å²) in [6, 6.07) is 57.4. The zero-order chi connectivity index (χ0) is 95.2. The first-order valence-electron chi connectivity index (χ1n) is 42.3. The van der Waals surface area contributed by atoms with Crippen molar-refractivity contribution in [3.05, 3.63) is 291 Å². The number of para-hydroxylation sites is 3. The van der Waals surface area contributed by atoms with Crippen LogP contribution < -0.4 is 68.0 Å². The van der Waals surface area contributed by atoms with Gasteiger partial charge in [0, 0.05) is 65.0 Å². The summed E-state index contributed by atoms with van der Waals surface area (Å²) < 4.78 is 137. The highest BCUT2D eigenvalue weighted by Crippen LogP contribution is 2.35. The molecule has 692 valence electrons. The number of benzene rings is 7. The lowest BCUT2D eigenvalue weighted by atomic mass is 10.0. The summed E-state index contributed by atoms with van der Waals surface area (Å²) in [5.74, 6) is 1.46. The van der Waals surface area contributed by atoms with Gasteiger partial charge in [-0.3, -0.25) is 28.3 Å². The fraction of sp³-hybridized carbons (Fsp3) is 0.277. The predicted molar refractivity (Wildman–Crippen MR) is 509 cm³/mol. The molecule has 5 aliphatic heterocycles. The fourth-order valence-electron chi connectivity index (χ4n) is 15.4. The van der Waals surface area contributed by atoms with Crippen LogP contribution in [0.2, 0.25) is 0 Å². The van der Waals surface area contributed by atoms with Crippen molar-refractivity contribution in [1.29, 1.82) is 0 Å². The standard InChI is InChI=1S/C27H27N5O4S.C25H24N6O4S.C23H29N5O4S.C19H21N3O4S/c1-17-13-18-7-4-5-9-21(18)32(17)23-14-19(11-12-29-23)26(33)30-27(2,3)16-36-22-10-6-8-20-15-37(34,35)31-25(28)24(20)22;1-25(2,14-35-20-9-5-6-17-13-36(33,34)30-23(26)22(17)20)29-24(32)16-10-11-27-21(12-16)31-15-28-18-7-3-4-8-19(18)31;1-23(2,15-32-18-8-6-7-17-14-33(30,31)27-21(24)20(17)18)26-22(29)16-9-10-25-19(13-16)28-11-4-3-5-12-28;1-19(2,21-18(23)13-7-4-3-5-8-13)12-26-15-10-6-9-14-11-27(24,25)22-17(20)16(14)15/h4-14H,15-16H2,1-3H3,(H2,28,31)(H,30,33);3-12,15H,13-14H2,1-2H3,(H2,26,30)(H,29,32);6-10,13H,3-5,11-12,14-15H2,1-2H3,(H2,24,27)(H,26,29);3-10H,11-12H2,1-2H3,(H2,20,22)(H,21,23). The van der Waals surface area contributed by atoms with E-state index in [9.17, 15) is 52.8 Å². The van der Waals surface area contributed by atoms with Crippen LogP contribution >= 0.6 is 0 Å². The van der Waals surface area contributed by atoms with Gasteiger partial charge < -0.3 is 68.0 Å². The van der Waals surface area contributed by atoms with Crippen LogP contribution in [-0.2, 0) is 63.1 Å². The van der Waals surface area contributed by atoms with Gasteiger partial charge in [0.2, 0.25) is 0 Å². The van der Waals surface area contributed by atoms with Crippen LogP contribution in [0.15, 0.2) is 237 Å². The number of imidazole rings is 1. The van der Waals surface area contributed by atoms with Gasteiger partial charge in [-0.25, -0.2) is 53.6 Å². The zero-order valence-electron chi connectivity index (χ0n) is 74.4. The Bertz CT molecular complexity index is 7150. The first kappa shape index (κ1) is 94.7. The number of pyridine rings is 3. The lowest BCUT2D eigenvalue weighted by Gasteiger charge is -2.29. The SMILES string of the molecule is CC(C)(COc1cccc2c1C(N)=NS(=O)(=O)C2)NC(=O)c1ccccc1.CC(C)(COc1cccc2c1C(N)=NS(=O)(=O)C2)NC(=O)c1ccnc(-n2cnc3ccccc32)c1.CC(C)(COc1cccc2c1C(N)=NS(=O)(=O)C2)NC(=O)c1ccnc(N2CCCCC2)c1.Cc1cc2ccccc2n1-c1cc(C(=O)NC(C)(C)COc2cccc3c2C(N)=NS(=O)(=O)C3)ccn1. The van der Waals surface area contributed by atoms with Crippen molar-refractivity contribution in [2.45, 2.75) is 127 Å². The molecule has 35 nitrogen and oxygen atoms in total. The minimum atomic E-state index is -3.64. The lowest BCUT2D eigenvalue weighted by Crippen LogP contribution is -2.48. The van der Waals surface area contributed by atoms with Gasteiger partial charge >= 0.3 is 0 Å². The molecule has 1 saturated heterocycles. The van der Waals surface area contributed by atoms with E-state index in [1.807, 2.05) is 132 Å². The molecule has 1 fully saturated rings. The smallest absolute Gasteiger partial charge is 0.259 e. The van der Waals surface area contributed by atoms with Crippen molar-refractivity contribution in [3.8, 4) is 34.6 Å². The van der Waals surface area contributed by atoms with Gasteiger partial charge in [0.05, 0.1) is 84.0 Å². The molecular formula is C94H101N19O16S4. The maximum atomic E-state index is 13.2. The van der Waals surface area contributed by atoms with Crippen LogP contribution in [0.1, 0.15) is 166 Å². The molecule has 0 aliphatic carbocycles. The Morgan fingerprint density at radius 1 is 0.361 bits per heavy atom. The molecule has 0 bridgehead atoms. The van der Waals surface area contributed by atoms with E-state index in [1.165, 1.54) is 6.42 Å². The Kier molecular flexibility index (Phi) is 27.4. The van der Waals surface area contributed by atoms with Crippen LogP contribution in [0.5, 0.6) is 23.0 Å². The van der Waals surface area contributed by atoms with Crippen molar-refractivity contribution in [1.82, 2.24) is 50.3 Å². The highest BCUT2D eigenvalue weighted by atomic mass is 32.2. The number of carbonyl (C=O) groups is 4. The van der Waals surface area contributed by atoms with Gasteiger partial charge in [-0.1, -0.05) is 97.1 Å². The molecular weight excluding hydrogens is 1780 g/mol. The molecule has 5 aromatic heterocycles. The van der Waals surface area contributed by atoms with Gasteiger partial charge in [0.15, 0.2) is 0 Å². The fourth-order valence-corrected chi connectivity index (χ4v) is 19.7. The molecule has 12 aromatic rings. The van der Waals surface area contributed by atoms with Gasteiger partial charge in [0.1, 0.15) is 96.5 Å². The van der Waals surface area contributed by atoms with Crippen molar-refractivity contribution in [2.75, 3.05) is 44.4 Å². The number of ether oxygens (including phenoxy) is 4. The van der Waals surface area contributed by atoms with E-state index in [1.54, 1.807) is 152 Å². The number of sulfonamides is 4. The summed E-state index contributed by atoms with van der Waals surface area (Å²) in [5, 5.41) is 13.0. The van der Waals surface area contributed by atoms with Crippen molar-refractivity contribution < 1.29 is 71.8 Å². The number of hydrogen-bond donors (Lipinski definition) is 8. The second kappa shape index (κ2) is 38.5. The molecule has 5 aliphatic rings. The van der Waals surface area contributed by atoms with E-state index in [4.69, 9.17) is 41.9 Å². The molecule has 0 spiro atoms. The van der Waals surface area contributed by atoms with E-state index < -0.39 is 62.2 Å². The lowest BCUT2D eigenvalue weighted by molar-refractivity contribution is 0.0872. The van der Waals surface area contributed by atoms with Crippen LogP contribution in [0, 0.1) is 6.92 Å². The first-order valence-corrected chi connectivity index (χ1v) is 48.7. The first-order chi connectivity index (χ1) is 62.9. The van der Waals surface area contributed by atoms with Crippen molar-refractivity contribution >= 4 is 115 Å². The van der Waals surface area contributed by atoms with Crippen molar-refractivity contribution in [3.63, 3.8) is 0 Å². The molecule has 39 heteroatoms. The van der Waals surface area contributed by atoms with E-state index >= 15 is 0 Å². The number of fused-ring (bicyclic) bond motifs is 6. The number of aromatic nitrogens is 6. The van der Waals surface area contributed by atoms with E-state index in [-0.39, 0.29) is 96.4 Å². The maximum absolute atomic E-state index is 13.2. The van der Waals surface area contributed by atoms with Crippen LogP contribution in [-0.4, -0.2) is 171 Å². The normalized spacial score (nSPS) is 15.5. The van der Waals surface area contributed by atoms with Gasteiger partial charge in [-0.2, -0.15) is 0 Å². The van der Waals surface area contributed by atoms with Crippen LogP contribution in [0.3, 0.4) is 0 Å². The average Bonchev–Trinajstić information content (AvgIpc) is 1.34. The number of hydrogen-bond acceptors (Lipinski definition) is 25. The summed E-state index contributed by atoms with van der Waals surface area (Å²) in [5.41, 5.74) is 30.5. The van der Waals surface area contributed by atoms with Crippen LogP contribution in [0.25, 0.3) is 33.6 Å². The summed E-state index contributed by atoms with van der Waals surface area (Å²) >= 11 is 0. The van der Waals surface area contributed by atoms with E-state index in [0.29, 0.717) is 101 Å². The number of anilines is 1. The molecule has 12 N–H and O–H groups in total. The second-order valence-corrected chi connectivity index (χ2v) is 41.4. The number of amides is 4. The molecule has 10 heterocycles. The Morgan fingerprint density at radius 3 is 1.09 bits per heavy atom. The molecule has 17 rings (SSSR count). The zero-order valence-corrected chi connectivity index (χ0v) is 77.6. The highest BCUT2D eigenvalue weighted by Gasteiger charge is 2.35. The minimum Gasteiger partial charge on any atom is -0.490 e. The number of nitrogens with zero attached hydrogens (tertiary/aromatic N) is 11. The third kappa shape index (κ3) is 23.5. The molecule has 0 unspecified atom stereocenters. The number of rotatable bonds is 23. The number of nitrogens with two attached hydrogens (primary N) is 4. The molecule has 0 radical (unpaired) electrons. The van der Waals surface area contributed by atoms with Gasteiger partial charge in [0.25, 0.3) is 63.7 Å². The number of piperidine rings is 1. The Morgan fingerprint density at radius 2 is 0.692 bits per heavy atom. The monoisotopic (exact) mass is 1880 g/mol. The number of carbonyl (C=O) groups excluding carboxylic acids is 4. The molecule has 0 saturated carbocycles. The molecule has 7 aromatic carbocycles. The summed E-state index contributed by atoms with van der Waals surface area (Å²) in [6.07, 6.45) is 10.0. The quantitative estimate of drug-likeness (QED) is 0.0295. The maximum Gasteiger partial charge on any atom is 0.259 e. The largest absolute Gasteiger partial charge is 0.490 e. The van der Waals surface area contributed by atoms with Gasteiger partial charge in [-0.05, 0) is 201 Å². The third-order valence-corrected chi connectivity index (χ3v) is 26.1. The van der Waals surface area contributed by atoms with Crippen molar-refractivity contribution in [2.24, 2.45) is 40.5 Å². The second-order valence-electron chi connectivity index (χ2n) is 34.9. The number of nitrogens with one attached hydrogen (secondary N) is 4. The summed E-state index contributed by atoms with van der Waals surface area (Å²) in [7, 11) is -14.5. The Labute approximate surface area is 769 Å². The van der Waals surface area contributed by atoms with Crippen LogP contribution in [0.4, 0.5) is 5.82 Å². The Hall–Kier alpha value is -14.4. The highest BCUT2D eigenvalue weighted by molar-refractivity contribution is 7.90. The number of amidine groups is 4. The molecule has 0 atom stereocenters. The number of aryl methyl sites for hydroxylation is 1.